The van der Waals surface area contributed by atoms with Crippen molar-refractivity contribution in [3.63, 3.8) is 0 Å². The third kappa shape index (κ3) is 2.20. The Labute approximate surface area is 74.8 Å². The van der Waals surface area contributed by atoms with E-state index in [2.05, 4.69) is 0 Å². The van der Waals surface area contributed by atoms with Crippen LogP contribution in [0.25, 0.3) is 0 Å². The molecule has 0 aromatic heterocycles. The minimum Gasteiger partial charge on any atom is -0.212 e. The molecule has 0 amide bonds. The Morgan fingerprint density at radius 3 is 2.25 bits per heavy atom. The molecule has 0 bridgehead atoms. The van der Waals surface area contributed by atoms with Gasteiger partial charge in [-0.2, -0.15) is 0 Å². The molecule has 1 fully saturated rings. The van der Waals surface area contributed by atoms with E-state index in [9.17, 15) is 8.42 Å². The summed E-state index contributed by atoms with van der Waals surface area (Å²) in [4.78, 5) is 0. The second-order valence-electron chi connectivity index (χ2n) is 3.82. The lowest BCUT2D eigenvalue weighted by molar-refractivity contribution is 0.447. The van der Waals surface area contributed by atoms with Gasteiger partial charge >= 0.3 is 0 Å². The third-order valence-electron chi connectivity index (χ3n) is 2.24. The molecule has 1 aliphatic carbocycles. The van der Waals surface area contributed by atoms with Crippen molar-refractivity contribution in [2.75, 3.05) is 13.6 Å². The van der Waals surface area contributed by atoms with Crippen molar-refractivity contribution in [2.45, 2.75) is 31.9 Å². The average Bonchev–Trinajstić information content (AvgIpc) is 2.71. The molecule has 4 heteroatoms. The molecule has 0 N–H and O–H groups in total. The summed E-state index contributed by atoms with van der Waals surface area (Å²) in [7, 11) is -1.32. The summed E-state index contributed by atoms with van der Waals surface area (Å²) < 4.78 is 24.5. The molecule has 0 unspecified atom stereocenters. The highest BCUT2D eigenvalue weighted by Crippen LogP contribution is 2.30. The Bertz CT molecular complexity index is 242. The lowest BCUT2D eigenvalue weighted by atomic mass is 10.4. The van der Waals surface area contributed by atoms with Crippen LogP contribution in [0.2, 0.25) is 0 Å². The van der Waals surface area contributed by atoms with Crippen LogP contribution in [0, 0.1) is 5.92 Å². The molecule has 1 saturated carbocycles. The molecule has 72 valence electrons. The highest BCUT2D eigenvalue weighted by molar-refractivity contribution is 7.89. The predicted molar refractivity (Wildman–Crippen MR) is 49.4 cm³/mol. The van der Waals surface area contributed by atoms with Gasteiger partial charge in [0.25, 0.3) is 0 Å². The van der Waals surface area contributed by atoms with Gasteiger partial charge in [0.2, 0.25) is 10.0 Å². The van der Waals surface area contributed by atoms with E-state index in [0.29, 0.717) is 12.5 Å². The van der Waals surface area contributed by atoms with E-state index >= 15 is 0 Å². The smallest absolute Gasteiger partial charge is 0.212 e. The molecule has 0 saturated heterocycles. The van der Waals surface area contributed by atoms with Crippen LogP contribution < -0.4 is 0 Å². The molecule has 0 heterocycles. The maximum atomic E-state index is 11.5. The second-order valence-corrected chi connectivity index (χ2v) is 6.41. The molecule has 0 radical (unpaired) electrons. The molecule has 0 aliphatic heterocycles. The average molecular weight is 191 g/mol. The quantitative estimate of drug-likeness (QED) is 0.666. The van der Waals surface area contributed by atoms with E-state index in [0.717, 1.165) is 0 Å². The first-order valence-electron chi connectivity index (χ1n) is 4.39. The minimum absolute atomic E-state index is 0.291. The van der Waals surface area contributed by atoms with E-state index in [-0.39, 0.29) is 5.25 Å². The van der Waals surface area contributed by atoms with Gasteiger partial charge in [-0.05, 0) is 32.6 Å². The normalized spacial score (nSPS) is 19.1. The van der Waals surface area contributed by atoms with Gasteiger partial charge in [-0.25, -0.2) is 12.7 Å². The molecule has 12 heavy (non-hydrogen) atoms. The van der Waals surface area contributed by atoms with Crippen molar-refractivity contribution >= 4 is 10.0 Å². The summed E-state index contributed by atoms with van der Waals surface area (Å²) in [6.45, 7) is 4.15. The highest BCUT2D eigenvalue weighted by atomic mass is 32.2. The Balaban J connectivity index is 2.54. The Morgan fingerprint density at radius 1 is 1.42 bits per heavy atom. The van der Waals surface area contributed by atoms with Gasteiger partial charge in [-0.15, -0.1) is 0 Å². The van der Waals surface area contributed by atoms with Crippen molar-refractivity contribution in [1.82, 2.24) is 4.31 Å². The first kappa shape index (κ1) is 9.99. The van der Waals surface area contributed by atoms with Gasteiger partial charge in [0.05, 0.1) is 5.25 Å². The van der Waals surface area contributed by atoms with E-state index in [1.54, 1.807) is 20.9 Å². The number of hydrogen-bond acceptors (Lipinski definition) is 2. The van der Waals surface area contributed by atoms with Crippen molar-refractivity contribution in [3.8, 4) is 0 Å². The van der Waals surface area contributed by atoms with Gasteiger partial charge < -0.3 is 0 Å². The van der Waals surface area contributed by atoms with Crippen LogP contribution in [0.15, 0.2) is 0 Å². The summed E-state index contributed by atoms with van der Waals surface area (Å²) >= 11 is 0. The SMILES string of the molecule is CC(C)S(=O)(=O)N(C)CC1CC1. The van der Waals surface area contributed by atoms with Gasteiger partial charge in [0, 0.05) is 13.6 Å². The van der Waals surface area contributed by atoms with Crippen LogP contribution in [0.5, 0.6) is 0 Å². The van der Waals surface area contributed by atoms with Crippen LogP contribution >= 0.6 is 0 Å². The van der Waals surface area contributed by atoms with Crippen LogP contribution in [-0.2, 0) is 10.0 Å². The van der Waals surface area contributed by atoms with E-state index in [4.69, 9.17) is 0 Å². The maximum Gasteiger partial charge on any atom is 0.216 e. The number of nitrogens with zero attached hydrogens (tertiary/aromatic N) is 1. The van der Waals surface area contributed by atoms with Crippen LogP contribution in [0.1, 0.15) is 26.7 Å². The van der Waals surface area contributed by atoms with Gasteiger partial charge in [-0.1, -0.05) is 0 Å². The van der Waals surface area contributed by atoms with E-state index in [1.807, 2.05) is 0 Å². The monoisotopic (exact) mass is 191 g/mol. The van der Waals surface area contributed by atoms with Gasteiger partial charge in [-0.3, -0.25) is 0 Å². The standard InChI is InChI=1S/C8H17NO2S/c1-7(2)12(10,11)9(3)6-8-4-5-8/h7-8H,4-6H2,1-3H3. The van der Waals surface area contributed by atoms with Crippen LogP contribution in [-0.4, -0.2) is 31.6 Å². The number of rotatable bonds is 4. The lowest BCUT2D eigenvalue weighted by Crippen LogP contribution is -2.34. The number of sulfonamides is 1. The molecule has 3 nitrogen and oxygen atoms in total. The summed E-state index contributed by atoms with van der Waals surface area (Å²) in [6.07, 6.45) is 2.38. The zero-order chi connectivity index (χ0) is 9.35. The van der Waals surface area contributed by atoms with Gasteiger partial charge in [0.15, 0.2) is 0 Å². The first-order chi connectivity index (χ1) is 5.44. The zero-order valence-electron chi connectivity index (χ0n) is 7.95. The number of hydrogen-bond donors (Lipinski definition) is 0. The topological polar surface area (TPSA) is 37.4 Å². The molecule has 0 aromatic rings. The Hall–Kier alpha value is -0.0900. The first-order valence-corrected chi connectivity index (χ1v) is 5.90. The minimum atomic E-state index is -3.00. The fourth-order valence-corrected chi connectivity index (χ4v) is 2.27. The van der Waals surface area contributed by atoms with E-state index in [1.165, 1.54) is 17.1 Å². The van der Waals surface area contributed by atoms with Crippen molar-refractivity contribution in [3.05, 3.63) is 0 Å². The van der Waals surface area contributed by atoms with Crippen molar-refractivity contribution in [1.29, 1.82) is 0 Å². The third-order valence-corrected chi connectivity index (χ3v) is 4.45. The van der Waals surface area contributed by atoms with Crippen molar-refractivity contribution < 1.29 is 8.42 Å². The molecule has 0 aromatic carbocycles. The fraction of sp³-hybridized carbons (Fsp3) is 1.00. The zero-order valence-corrected chi connectivity index (χ0v) is 8.76. The Kier molecular flexibility index (Phi) is 2.78. The predicted octanol–water partition coefficient (Wildman–Crippen LogP) is 1.07. The summed E-state index contributed by atoms with van der Waals surface area (Å²) in [5, 5.41) is -0.291. The molecular weight excluding hydrogens is 174 g/mol. The molecule has 0 spiro atoms. The summed E-state index contributed by atoms with van der Waals surface area (Å²) in [5.41, 5.74) is 0. The van der Waals surface area contributed by atoms with Gasteiger partial charge in [0.1, 0.15) is 0 Å². The van der Waals surface area contributed by atoms with Crippen molar-refractivity contribution in [2.24, 2.45) is 5.92 Å². The molecule has 1 aliphatic rings. The second kappa shape index (κ2) is 3.34. The van der Waals surface area contributed by atoms with E-state index < -0.39 is 10.0 Å². The maximum absolute atomic E-state index is 11.5. The van der Waals surface area contributed by atoms with Crippen LogP contribution in [0.4, 0.5) is 0 Å². The molecule has 1 rings (SSSR count). The van der Waals surface area contributed by atoms with Crippen LogP contribution in [0.3, 0.4) is 0 Å². The summed E-state index contributed by atoms with van der Waals surface area (Å²) in [5.74, 6) is 0.628. The largest absolute Gasteiger partial charge is 0.216 e. The molecule has 0 atom stereocenters. The lowest BCUT2D eigenvalue weighted by Gasteiger charge is -2.19. The summed E-state index contributed by atoms with van der Waals surface area (Å²) in [6, 6.07) is 0. The Morgan fingerprint density at radius 2 is 1.92 bits per heavy atom. The molecular formula is C8H17NO2S. The highest BCUT2D eigenvalue weighted by Gasteiger charge is 2.29. The fourth-order valence-electron chi connectivity index (χ4n) is 1.13.